The first-order valence-electron chi connectivity index (χ1n) is 5.65. The number of allylic oxidation sites excluding steroid dienone is 2. The van der Waals surface area contributed by atoms with E-state index in [4.69, 9.17) is 5.14 Å². The third-order valence-electron chi connectivity index (χ3n) is 2.85. The number of benzene rings is 1. The largest absolute Gasteiger partial charge is 0.326 e. The van der Waals surface area contributed by atoms with E-state index in [0.29, 0.717) is 12.8 Å². The fraction of sp³-hybridized carbons (Fsp3) is 0.250. The molecule has 1 aliphatic rings. The lowest BCUT2D eigenvalue weighted by atomic mass is 10.1. The van der Waals surface area contributed by atoms with Crippen LogP contribution in [0.2, 0.25) is 0 Å². The molecule has 1 aromatic carbocycles. The van der Waals surface area contributed by atoms with Gasteiger partial charge in [0.25, 0.3) is 0 Å². The molecule has 0 spiro atoms. The molecule has 1 aromatic rings. The van der Waals surface area contributed by atoms with Crippen molar-refractivity contribution in [2.24, 2.45) is 11.1 Å². The maximum Gasteiger partial charge on any atom is 0.238 e. The summed E-state index contributed by atoms with van der Waals surface area (Å²) < 4.78 is 35.6. The van der Waals surface area contributed by atoms with E-state index in [-0.39, 0.29) is 22.4 Å². The fourth-order valence-electron chi connectivity index (χ4n) is 1.87. The zero-order chi connectivity index (χ0) is 14.0. The zero-order valence-electron chi connectivity index (χ0n) is 9.97. The van der Waals surface area contributed by atoms with Gasteiger partial charge in [-0.1, -0.05) is 12.2 Å². The quantitative estimate of drug-likeness (QED) is 0.822. The van der Waals surface area contributed by atoms with Crippen LogP contribution in [0.15, 0.2) is 35.2 Å². The highest BCUT2D eigenvalue weighted by molar-refractivity contribution is 7.89. The van der Waals surface area contributed by atoms with E-state index >= 15 is 0 Å². The predicted molar refractivity (Wildman–Crippen MR) is 68.3 cm³/mol. The van der Waals surface area contributed by atoms with Crippen LogP contribution < -0.4 is 10.5 Å². The van der Waals surface area contributed by atoms with Crippen molar-refractivity contribution >= 4 is 21.6 Å². The van der Waals surface area contributed by atoms with E-state index < -0.39 is 15.8 Å². The van der Waals surface area contributed by atoms with E-state index in [2.05, 4.69) is 5.32 Å². The molecule has 19 heavy (non-hydrogen) atoms. The highest BCUT2D eigenvalue weighted by Gasteiger charge is 2.20. The number of hydrogen-bond donors (Lipinski definition) is 2. The molecule has 0 saturated heterocycles. The van der Waals surface area contributed by atoms with Gasteiger partial charge in [0.2, 0.25) is 15.9 Å². The normalized spacial score (nSPS) is 15.7. The molecular formula is C12H13FN2O3S. The zero-order valence-corrected chi connectivity index (χ0v) is 10.8. The molecule has 0 atom stereocenters. The molecular weight excluding hydrogens is 271 g/mol. The van der Waals surface area contributed by atoms with Crippen molar-refractivity contribution < 1.29 is 17.6 Å². The fourth-order valence-corrected chi connectivity index (χ4v) is 2.44. The molecule has 0 fully saturated rings. The summed E-state index contributed by atoms with van der Waals surface area (Å²) in [6, 6.07) is 3.00. The van der Waals surface area contributed by atoms with Crippen LogP contribution in [-0.2, 0) is 14.8 Å². The minimum Gasteiger partial charge on any atom is -0.326 e. The van der Waals surface area contributed by atoms with Crippen molar-refractivity contribution in [3.8, 4) is 0 Å². The summed E-state index contributed by atoms with van der Waals surface area (Å²) in [5, 5.41) is 7.43. The Kier molecular flexibility index (Phi) is 3.68. The number of nitrogens with one attached hydrogen (secondary N) is 1. The molecule has 1 aliphatic carbocycles. The van der Waals surface area contributed by atoms with E-state index in [0.717, 1.165) is 18.2 Å². The molecule has 3 N–H and O–H groups in total. The van der Waals surface area contributed by atoms with Crippen molar-refractivity contribution in [3.05, 3.63) is 36.2 Å². The summed E-state index contributed by atoms with van der Waals surface area (Å²) in [5.74, 6) is -1.23. The number of halogens is 1. The van der Waals surface area contributed by atoms with Crippen molar-refractivity contribution in [1.29, 1.82) is 0 Å². The standard InChI is InChI=1S/C12H13FN2O3S/c13-9-5-10(7-11(6-9)19(14,17)18)15-12(16)8-3-1-2-4-8/h1-2,5-8H,3-4H2,(H,15,16)(H2,14,17,18). The minimum atomic E-state index is -4.01. The van der Waals surface area contributed by atoms with Crippen LogP contribution in [0.4, 0.5) is 10.1 Å². The summed E-state index contributed by atoms with van der Waals surface area (Å²) in [4.78, 5) is 11.5. The van der Waals surface area contributed by atoms with E-state index in [1.807, 2.05) is 12.2 Å². The predicted octanol–water partition coefficient (Wildman–Crippen LogP) is 1.38. The Morgan fingerprint density at radius 3 is 2.47 bits per heavy atom. The summed E-state index contributed by atoms with van der Waals surface area (Å²) in [7, 11) is -4.01. The highest BCUT2D eigenvalue weighted by atomic mass is 32.2. The Hall–Kier alpha value is -1.73. The number of hydrogen-bond acceptors (Lipinski definition) is 3. The molecule has 0 heterocycles. The van der Waals surface area contributed by atoms with Gasteiger partial charge >= 0.3 is 0 Å². The molecule has 0 saturated carbocycles. The highest BCUT2D eigenvalue weighted by Crippen LogP contribution is 2.22. The second kappa shape index (κ2) is 5.10. The van der Waals surface area contributed by atoms with E-state index in [1.54, 1.807) is 0 Å². The Labute approximate surface area is 110 Å². The van der Waals surface area contributed by atoms with Crippen LogP contribution in [-0.4, -0.2) is 14.3 Å². The topological polar surface area (TPSA) is 89.3 Å². The van der Waals surface area contributed by atoms with Crippen LogP contribution in [0.5, 0.6) is 0 Å². The number of sulfonamides is 1. The Bertz CT molecular complexity index is 632. The van der Waals surface area contributed by atoms with Gasteiger partial charge < -0.3 is 5.32 Å². The van der Waals surface area contributed by atoms with Crippen molar-refractivity contribution in [3.63, 3.8) is 0 Å². The number of amides is 1. The van der Waals surface area contributed by atoms with Gasteiger partial charge in [0.15, 0.2) is 0 Å². The maximum absolute atomic E-state index is 13.3. The molecule has 1 amide bonds. The lowest BCUT2D eigenvalue weighted by Gasteiger charge is -2.11. The van der Waals surface area contributed by atoms with Crippen LogP contribution >= 0.6 is 0 Å². The summed E-state index contributed by atoms with van der Waals surface area (Å²) in [6.07, 6.45) is 5.05. The van der Waals surface area contributed by atoms with Gasteiger partial charge in [-0.05, 0) is 31.0 Å². The number of nitrogens with two attached hydrogens (primary N) is 1. The molecule has 0 bridgehead atoms. The van der Waals surface area contributed by atoms with Crippen LogP contribution in [0.1, 0.15) is 12.8 Å². The third-order valence-corrected chi connectivity index (χ3v) is 3.74. The average Bonchev–Trinajstić information content (AvgIpc) is 2.80. The summed E-state index contributed by atoms with van der Waals surface area (Å²) in [6.45, 7) is 0. The Morgan fingerprint density at radius 1 is 1.26 bits per heavy atom. The van der Waals surface area contributed by atoms with Crippen molar-refractivity contribution in [2.75, 3.05) is 5.32 Å². The van der Waals surface area contributed by atoms with Gasteiger partial charge in [-0.15, -0.1) is 0 Å². The Balaban J connectivity index is 2.21. The van der Waals surface area contributed by atoms with Gasteiger partial charge in [0, 0.05) is 11.6 Å². The molecule has 0 aliphatic heterocycles. The second-order valence-corrected chi connectivity index (χ2v) is 5.91. The molecule has 7 heteroatoms. The van der Waals surface area contributed by atoms with Gasteiger partial charge in [0.05, 0.1) is 4.90 Å². The second-order valence-electron chi connectivity index (χ2n) is 4.35. The SMILES string of the molecule is NS(=O)(=O)c1cc(F)cc(NC(=O)C2CC=CC2)c1. The molecule has 102 valence electrons. The lowest BCUT2D eigenvalue weighted by molar-refractivity contribution is -0.119. The van der Waals surface area contributed by atoms with Crippen LogP contribution in [0.25, 0.3) is 0 Å². The molecule has 0 aromatic heterocycles. The van der Waals surface area contributed by atoms with Gasteiger partial charge in [-0.2, -0.15) is 0 Å². The third kappa shape index (κ3) is 3.39. The summed E-state index contributed by atoms with van der Waals surface area (Å²) in [5.41, 5.74) is 0.0842. The molecule has 2 rings (SSSR count). The number of carbonyl (C=O) groups excluding carboxylic acids is 1. The number of anilines is 1. The van der Waals surface area contributed by atoms with Crippen molar-refractivity contribution in [2.45, 2.75) is 17.7 Å². The van der Waals surface area contributed by atoms with Gasteiger partial charge in [-0.25, -0.2) is 17.9 Å². The lowest BCUT2D eigenvalue weighted by Crippen LogP contribution is -2.21. The van der Waals surface area contributed by atoms with Gasteiger partial charge in [0.1, 0.15) is 5.82 Å². The first-order valence-corrected chi connectivity index (χ1v) is 7.20. The molecule has 5 nitrogen and oxygen atoms in total. The first kappa shape index (κ1) is 13.7. The molecule has 0 radical (unpaired) electrons. The molecule has 0 unspecified atom stereocenters. The first-order chi connectivity index (χ1) is 8.86. The van der Waals surface area contributed by atoms with E-state index in [1.165, 1.54) is 0 Å². The van der Waals surface area contributed by atoms with Gasteiger partial charge in [-0.3, -0.25) is 4.79 Å². The maximum atomic E-state index is 13.3. The number of primary sulfonamides is 1. The van der Waals surface area contributed by atoms with Crippen LogP contribution in [0.3, 0.4) is 0 Å². The van der Waals surface area contributed by atoms with Crippen molar-refractivity contribution in [1.82, 2.24) is 0 Å². The smallest absolute Gasteiger partial charge is 0.238 e. The van der Waals surface area contributed by atoms with Crippen LogP contribution in [0, 0.1) is 11.7 Å². The van der Waals surface area contributed by atoms with E-state index in [9.17, 15) is 17.6 Å². The summed E-state index contributed by atoms with van der Waals surface area (Å²) >= 11 is 0. The monoisotopic (exact) mass is 284 g/mol. The number of carbonyl (C=O) groups is 1. The average molecular weight is 284 g/mol. The Morgan fingerprint density at radius 2 is 1.89 bits per heavy atom. The minimum absolute atomic E-state index is 0.0842. The number of rotatable bonds is 3.